The van der Waals surface area contributed by atoms with Crippen molar-refractivity contribution in [2.75, 3.05) is 26.1 Å². The second kappa shape index (κ2) is 13.6. The predicted molar refractivity (Wildman–Crippen MR) is 178 cm³/mol. The van der Waals surface area contributed by atoms with Gasteiger partial charge in [0.2, 0.25) is 5.88 Å². The molecule has 232 valence electrons. The molecule has 0 aliphatic rings. The zero-order valence-electron chi connectivity index (χ0n) is 26.1. The normalized spacial score (nSPS) is 11.4. The minimum Gasteiger partial charge on any atom is -0.495 e. The monoisotopic (exact) mass is 642 g/mol. The highest BCUT2D eigenvalue weighted by Gasteiger charge is 2.35. The van der Waals surface area contributed by atoms with Crippen LogP contribution in [0.1, 0.15) is 33.3 Å². The Morgan fingerprint density at radius 1 is 0.911 bits per heavy atom. The van der Waals surface area contributed by atoms with E-state index in [9.17, 15) is 20.0 Å². The molecule has 11 heteroatoms. The number of carboxylic acids is 1. The molecule has 0 atom stereocenters. The number of ether oxygens (including phenoxy) is 2. The number of hydrogen-bond donors (Lipinski definition) is 1. The number of aliphatic carboxylic acids is 1. The lowest BCUT2D eigenvalue weighted by molar-refractivity contribution is -0.139. The summed E-state index contributed by atoms with van der Waals surface area (Å²) in [6.07, 6.45) is 4.86. The van der Waals surface area contributed by atoms with Crippen LogP contribution in [0.3, 0.4) is 0 Å². The Morgan fingerprint density at radius 2 is 1.56 bits per heavy atom. The van der Waals surface area contributed by atoms with Gasteiger partial charge in [-0.3, -0.25) is 14.6 Å². The van der Waals surface area contributed by atoms with Crippen molar-refractivity contribution >= 4 is 41.1 Å². The summed E-state index contributed by atoms with van der Waals surface area (Å²) in [4.78, 5) is 37.9. The number of hydrogen-bond acceptors (Lipinski definition) is 10. The largest absolute Gasteiger partial charge is 0.495 e. The minimum atomic E-state index is -1.15. The number of benzene rings is 2. The third-order valence-electron chi connectivity index (χ3n) is 6.89. The molecule has 45 heavy (non-hydrogen) atoms. The third-order valence-corrected chi connectivity index (χ3v) is 9.39. The molecule has 0 fully saturated rings. The second-order valence-corrected chi connectivity index (χ2v) is 14.6. The number of esters is 1. The number of aromatic nitrogens is 2. The second-order valence-electron chi connectivity index (χ2n) is 11.2. The van der Waals surface area contributed by atoms with Gasteiger partial charge in [-0.1, -0.05) is 18.2 Å². The lowest BCUT2D eigenvalue weighted by atomic mass is 10.0. The summed E-state index contributed by atoms with van der Waals surface area (Å²) in [7, 11) is 5.39. The maximum atomic E-state index is 13.8. The van der Waals surface area contributed by atoms with E-state index < -0.39 is 21.4 Å². The number of thioether (sulfide) groups is 2. The van der Waals surface area contributed by atoms with Crippen molar-refractivity contribution in [2.45, 2.75) is 47.0 Å². The topological polar surface area (TPSA) is 126 Å². The highest BCUT2D eigenvalue weighted by Crippen LogP contribution is 2.45. The Labute approximate surface area is 271 Å². The number of rotatable bonds is 11. The quantitative estimate of drug-likeness (QED) is 0.132. The molecule has 0 bridgehead atoms. The van der Waals surface area contributed by atoms with Gasteiger partial charge in [0.25, 0.3) is 0 Å². The van der Waals surface area contributed by atoms with Crippen LogP contribution in [0.2, 0.25) is 0 Å². The first kappa shape index (κ1) is 33.4. The fourth-order valence-electron chi connectivity index (χ4n) is 4.26. The van der Waals surface area contributed by atoms with Crippen molar-refractivity contribution in [3.63, 3.8) is 0 Å². The zero-order chi connectivity index (χ0) is 32.9. The van der Waals surface area contributed by atoms with Gasteiger partial charge in [-0.05, 0) is 75.2 Å². The van der Waals surface area contributed by atoms with Gasteiger partial charge >= 0.3 is 11.9 Å². The average molecular weight is 643 g/mol. The van der Waals surface area contributed by atoms with E-state index in [0.29, 0.717) is 21.8 Å². The Bertz CT molecular complexity index is 1770. The molecule has 2 aromatic carbocycles. The summed E-state index contributed by atoms with van der Waals surface area (Å²) >= 11 is 2.47. The van der Waals surface area contributed by atoms with Gasteiger partial charge in [0.05, 0.1) is 18.2 Å². The fraction of sp³-hybridized carbons (Fsp3) is 0.265. The molecule has 4 aromatic rings. The summed E-state index contributed by atoms with van der Waals surface area (Å²) in [5.74, 6) is -0.980. The number of nitrogens with zero attached hydrogens (tertiary/aromatic N) is 4. The van der Waals surface area contributed by atoms with E-state index in [1.807, 2.05) is 55.4 Å². The van der Waals surface area contributed by atoms with Crippen LogP contribution >= 0.6 is 23.5 Å². The summed E-state index contributed by atoms with van der Waals surface area (Å²) in [5.41, 5.74) is 4.20. The highest BCUT2D eigenvalue weighted by molar-refractivity contribution is 8.01. The van der Waals surface area contributed by atoms with Crippen LogP contribution < -0.4 is 14.4 Å². The van der Waals surface area contributed by atoms with E-state index in [-0.39, 0.29) is 5.88 Å². The molecule has 0 saturated carbocycles. The van der Waals surface area contributed by atoms with Crippen LogP contribution in [0.25, 0.3) is 22.3 Å². The molecule has 0 saturated heterocycles. The number of pyridine rings is 2. The van der Waals surface area contributed by atoms with Crippen molar-refractivity contribution in [1.82, 2.24) is 9.97 Å². The lowest BCUT2D eigenvalue weighted by Crippen LogP contribution is -2.33. The van der Waals surface area contributed by atoms with E-state index in [1.165, 1.54) is 25.1 Å². The van der Waals surface area contributed by atoms with E-state index in [1.54, 1.807) is 58.3 Å². The van der Waals surface area contributed by atoms with Gasteiger partial charge in [0.1, 0.15) is 21.3 Å². The van der Waals surface area contributed by atoms with Crippen LogP contribution in [-0.4, -0.2) is 57.7 Å². The maximum absolute atomic E-state index is 13.8. The first-order valence-corrected chi connectivity index (χ1v) is 15.5. The molecular weight excluding hydrogens is 609 g/mol. The van der Waals surface area contributed by atoms with Gasteiger partial charge in [-0.2, -0.15) is 5.26 Å². The van der Waals surface area contributed by atoms with Gasteiger partial charge < -0.3 is 19.5 Å². The smallest absolute Gasteiger partial charge is 0.328 e. The SMILES string of the molecule is COc1cc(-c2cnccc2SC(C)(C)C(=O)Oc2nccc(SC(C)(C)C(=O)O)c2-c2ccc(N(C)C)cc2)ccc1C#N. The molecule has 0 spiro atoms. The average Bonchev–Trinajstić information content (AvgIpc) is 3.00. The molecule has 1 N–H and O–H groups in total. The number of carbonyl (C=O) groups is 2. The number of carboxylic acid groups (broad SMARTS) is 1. The molecule has 2 heterocycles. The molecular formula is C34H34N4O5S2. The van der Waals surface area contributed by atoms with Crippen LogP contribution in [0.4, 0.5) is 5.69 Å². The highest BCUT2D eigenvalue weighted by atomic mass is 32.2. The molecule has 0 aliphatic carbocycles. The summed E-state index contributed by atoms with van der Waals surface area (Å²) < 4.78 is 9.19. The van der Waals surface area contributed by atoms with Crippen LogP contribution in [0.5, 0.6) is 11.6 Å². The fourth-order valence-corrected chi connectivity index (χ4v) is 6.42. The predicted octanol–water partition coefficient (Wildman–Crippen LogP) is 7.19. The molecule has 0 aliphatic heterocycles. The first-order valence-electron chi connectivity index (χ1n) is 13.9. The van der Waals surface area contributed by atoms with Crippen LogP contribution in [0, 0.1) is 11.3 Å². The zero-order valence-corrected chi connectivity index (χ0v) is 27.7. The number of carbonyl (C=O) groups excluding carboxylic acids is 1. The van der Waals surface area contributed by atoms with Crippen molar-refractivity contribution in [3.8, 4) is 40.0 Å². The molecule has 0 radical (unpaired) electrons. The molecule has 0 unspecified atom stereocenters. The van der Waals surface area contributed by atoms with E-state index in [0.717, 1.165) is 39.0 Å². The Kier molecular flexibility index (Phi) is 10.1. The number of nitriles is 1. The van der Waals surface area contributed by atoms with Crippen molar-refractivity contribution in [2.24, 2.45) is 0 Å². The summed E-state index contributed by atoms with van der Waals surface area (Å²) in [5, 5.41) is 19.2. The standard InChI is InChI=1S/C34H34N4O5S2/c1-33(2,31(39)40)45-28-15-17-37-30(29(28)21-10-12-24(13-11-21)38(5)6)43-32(41)34(3,4)44-27-14-16-36-20-25(27)22-8-9-23(19-35)26(18-22)42-7/h8-18,20H,1-7H3,(H,39,40). The van der Waals surface area contributed by atoms with Crippen molar-refractivity contribution < 1.29 is 24.2 Å². The van der Waals surface area contributed by atoms with Crippen LogP contribution in [-0.2, 0) is 9.59 Å². The third kappa shape index (κ3) is 7.59. The van der Waals surface area contributed by atoms with Gasteiger partial charge in [-0.25, -0.2) is 4.98 Å². The van der Waals surface area contributed by atoms with E-state index in [2.05, 4.69) is 16.0 Å². The molecule has 2 aromatic heterocycles. The summed E-state index contributed by atoms with van der Waals surface area (Å²) in [6.45, 7) is 6.78. The Morgan fingerprint density at radius 3 is 2.18 bits per heavy atom. The summed E-state index contributed by atoms with van der Waals surface area (Å²) in [6, 6.07) is 18.6. The van der Waals surface area contributed by atoms with Crippen molar-refractivity contribution in [3.05, 3.63) is 78.8 Å². The first-order chi connectivity index (χ1) is 21.3. The molecule has 9 nitrogen and oxygen atoms in total. The number of anilines is 1. The number of methoxy groups -OCH3 is 1. The molecule has 0 amide bonds. The van der Waals surface area contributed by atoms with Crippen molar-refractivity contribution in [1.29, 1.82) is 5.26 Å². The maximum Gasteiger partial charge on any atom is 0.328 e. The van der Waals surface area contributed by atoms with Crippen LogP contribution in [0.15, 0.2) is 83.0 Å². The minimum absolute atomic E-state index is 0.0873. The van der Waals surface area contributed by atoms with E-state index >= 15 is 0 Å². The van der Waals surface area contributed by atoms with E-state index in [4.69, 9.17) is 9.47 Å². The van der Waals surface area contributed by atoms with Gasteiger partial charge in [-0.15, -0.1) is 23.5 Å². The Hall–Kier alpha value is -4.53. The molecule has 4 rings (SSSR count). The van der Waals surface area contributed by atoms with Gasteiger partial charge in [0, 0.05) is 53.7 Å². The lowest BCUT2D eigenvalue weighted by Gasteiger charge is -2.25. The van der Waals surface area contributed by atoms with Gasteiger partial charge in [0.15, 0.2) is 0 Å². The Balaban J connectivity index is 1.70.